The van der Waals surface area contributed by atoms with Crippen LogP contribution in [0.4, 0.5) is 5.69 Å². The summed E-state index contributed by atoms with van der Waals surface area (Å²) in [6, 6.07) is 4.45. The molecule has 0 fully saturated rings. The minimum atomic E-state index is -3.70. The third kappa shape index (κ3) is 3.06. The number of ether oxygens (including phenoxy) is 1. The van der Waals surface area contributed by atoms with Crippen molar-refractivity contribution in [1.29, 1.82) is 0 Å². The monoisotopic (exact) mass is 339 g/mol. The van der Waals surface area contributed by atoms with E-state index in [1.807, 2.05) is 13.8 Å². The summed E-state index contributed by atoms with van der Waals surface area (Å²) >= 11 is 0. The van der Waals surface area contributed by atoms with Gasteiger partial charge in [0.1, 0.15) is 10.7 Å². The Hall–Kier alpha value is -2.02. The van der Waals surface area contributed by atoms with Crippen LogP contribution in [0.1, 0.15) is 49.0 Å². The first-order valence-electron chi connectivity index (χ1n) is 7.57. The Balaban J connectivity index is 2.71. The quantitative estimate of drug-likeness (QED) is 0.861. The lowest BCUT2D eigenvalue weighted by molar-refractivity contribution is 0.0697. The van der Waals surface area contributed by atoms with Crippen molar-refractivity contribution in [3.8, 4) is 0 Å². The second-order valence-corrected chi connectivity index (χ2v) is 7.35. The van der Waals surface area contributed by atoms with Crippen LogP contribution in [-0.2, 0) is 14.8 Å². The number of carboxylic acids is 1. The molecule has 1 aliphatic rings. The third-order valence-electron chi connectivity index (χ3n) is 3.68. The summed E-state index contributed by atoms with van der Waals surface area (Å²) in [4.78, 5) is 11.4. The molecular formula is C16H21NO5S. The number of allylic oxidation sites excluding steroid dienone is 1. The lowest BCUT2D eigenvalue weighted by atomic mass is 10.1. The van der Waals surface area contributed by atoms with E-state index in [0.29, 0.717) is 36.5 Å². The summed E-state index contributed by atoms with van der Waals surface area (Å²) in [7, 11) is -2.27. The molecule has 1 aromatic carbocycles. The lowest BCUT2D eigenvalue weighted by Gasteiger charge is -2.31. The average Bonchev–Trinajstić information content (AvgIpc) is 2.52. The molecule has 2 rings (SSSR count). The van der Waals surface area contributed by atoms with Gasteiger partial charge in [-0.15, -0.1) is 0 Å². The molecule has 7 heteroatoms. The molecule has 23 heavy (non-hydrogen) atoms. The van der Waals surface area contributed by atoms with Crippen molar-refractivity contribution < 1.29 is 23.1 Å². The van der Waals surface area contributed by atoms with Gasteiger partial charge in [0.25, 0.3) is 10.0 Å². The number of anilines is 1. The molecule has 1 N–H and O–H groups in total. The lowest BCUT2D eigenvalue weighted by Crippen LogP contribution is -2.33. The summed E-state index contributed by atoms with van der Waals surface area (Å²) in [5, 5.41) is 9.14. The minimum absolute atomic E-state index is 0.0413. The van der Waals surface area contributed by atoms with Crippen LogP contribution in [0.5, 0.6) is 0 Å². The Morgan fingerprint density at radius 1 is 1.26 bits per heavy atom. The van der Waals surface area contributed by atoms with Crippen LogP contribution in [-0.4, -0.2) is 33.1 Å². The molecule has 0 radical (unpaired) electrons. The van der Waals surface area contributed by atoms with E-state index in [9.17, 15) is 13.2 Å². The maximum absolute atomic E-state index is 12.8. The van der Waals surface area contributed by atoms with Crippen LogP contribution >= 0.6 is 0 Å². The number of sulfonamides is 1. The van der Waals surface area contributed by atoms with Gasteiger partial charge < -0.3 is 9.84 Å². The fourth-order valence-electron chi connectivity index (χ4n) is 2.51. The van der Waals surface area contributed by atoms with Crippen LogP contribution in [0.2, 0.25) is 0 Å². The summed E-state index contributed by atoms with van der Waals surface area (Å²) in [5.41, 5.74) is 0.986. The zero-order chi connectivity index (χ0) is 17.2. The Morgan fingerprint density at radius 2 is 1.96 bits per heavy atom. The predicted molar refractivity (Wildman–Crippen MR) is 88.8 cm³/mol. The number of fused-ring (bicyclic) bond motifs is 1. The average molecular weight is 339 g/mol. The van der Waals surface area contributed by atoms with E-state index >= 15 is 0 Å². The zero-order valence-electron chi connectivity index (χ0n) is 13.5. The highest BCUT2D eigenvalue weighted by atomic mass is 32.2. The molecule has 0 aromatic heterocycles. The molecule has 0 saturated carbocycles. The summed E-state index contributed by atoms with van der Waals surface area (Å²) in [6.07, 6.45) is 1.80. The van der Waals surface area contributed by atoms with Crippen molar-refractivity contribution in [1.82, 2.24) is 0 Å². The highest BCUT2D eigenvalue weighted by molar-refractivity contribution is 7.96. The second-order valence-electron chi connectivity index (χ2n) is 5.36. The SMILES string of the molecule is CCCOC1=C(CCC)S(=O)(=O)N(C)c2cc(C(=O)O)ccc21. The van der Waals surface area contributed by atoms with Gasteiger partial charge >= 0.3 is 5.97 Å². The first kappa shape index (κ1) is 17.3. The minimum Gasteiger partial charge on any atom is -0.492 e. The van der Waals surface area contributed by atoms with Gasteiger partial charge in [-0.2, -0.15) is 0 Å². The molecule has 0 aliphatic carbocycles. The molecule has 1 heterocycles. The molecule has 1 aromatic rings. The van der Waals surface area contributed by atoms with Crippen LogP contribution in [0, 0.1) is 0 Å². The number of carboxylic acid groups (broad SMARTS) is 1. The molecule has 0 atom stereocenters. The fraction of sp³-hybridized carbons (Fsp3) is 0.438. The summed E-state index contributed by atoms with van der Waals surface area (Å²) < 4.78 is 32.4. The van der Waals surface area contributed by atoms with E-state index in [1.165, 1.54) is 19.2 Å². The van der Waals surface area contributed by atoms with E-state index in [2.05, 4.69) is 0 Å². The highest BCUT2D eigenvalue weighted by Gasteiger charge is 2.36. The van der Waals surface area contributed by atoms with Gasteiger partial charge in [-0.1, -0.05) is 20.3 Å². The van der Waals surface area contributed by atoms with Gasteiger partial charge in [0.2, 0.25) is 0 Å². The zero-order valence-corrected chi connectivity index (χ0v) is 14.3. The maximum Gasteiger partial charge on any atom is 0.335 e. The first-order chi connectivity index (χ1) is 10.8. The van der Waals surface area contributed by atoms with Gasteiger partial charge in [0, 0.05) is 12.6 Å². The maximum atomic E-state index is 12.8. The van der Waals surface area contributed by atoms with E-state index in [4.69, 9.17) is 9.84 Å². The van der Waals surface area contributed by atoms with Crippen LogP contribution in [0.25, 0.3) is 5.76 Å². The number of hydrogen-bond donors (Lipinski definition) is 1. The Bertz CT molecular complexity index is 752. The van der Waals surface area contributed by atoms with Crippen LogP contribution < -0.4 is 4.31 Å². The number of benzene rings is 1. The van der Waals surface area contributed by atoms with Gasteiger partial charge in [-0.25, -0.2) is 13.2 Å². The number of rotatable bonds is 6. The molecule has 0 saturated heterocycles. The first-order valence-corrected chi connectivity index (χ1v) is 9.01. The summed E-state index contributed by atoms with van der Waals surface area (Å²) in [6.45, 7) is 4.25. The number of hydrogen-bond acceptors (Lipinski definition) is 4. The van der Waals surface area contributed by atoms with Crippen molar-refractivity contribution >= 4 is 27.4 Å². The molecule has 0 bridgehead atoms. The predicted octanol–water partition coefficient (Wildman–Crippen LogP) is 3.06. The van der Waals surface area contributed by atoms with Crippen molar-refractivity contribution in [2.45, 2.75) is 33.1 Å². The van der Waals surface area contributed by atoms with Gasteiger partial charge in [-0.3, -0.25) is 4.31 Å². The molecule has 126 valence electrons. The van der Waals surface area contributed by atoms with Crippen molar-refractivity contribution in [3.05, 3.63) is 34.2 Å². The molecule has 0 spiro atoms. The van der Waals surface area contributed by atoms with Crippen LogP contribution in [0.15, 0.2) is 23.1 Å². The van der Waals surface area contributed by atoms with E-state index in [0.717, 1.165) is 10.7 Å². The molecule has 1 aliphatic heterocycles. The largest absolute Gasteiger partial charge is 0.492 e. The Labute approximate surface area is 136 Å². The second kappa shape index (κ2) is 6.62. The van der Waals surface area contributed by atoms with Crippen LogP contribution in [0.3, 0.4) is 0 Å². The summed E-state index contributed by atoms with van der Waals surface area (Å²) in [5.74, 6) is -0.753. The molecule has 6 nitrogen and oxygen atoms in total. The van der Waals surface area contributed by atoms with Crippen molar-refractivity contribution in [2.24, 2.45) is 0 Å². The standard InChI is InChI=1S/C16H21NO5S/c1-4-6-14-15(22-9-5-2)12-8-7-11(16(18)19)10-13(12)17(3)23(14,20)21/h7-8,10H,4-6,9H2,1-3H3,(H,18,19). The van der Waals surface area contributed by atoms with Gasteiger partial charge in [0.15, 0.2) is 0 Å². The molecular weight excluding hydrogens is 318 g/mol. The number of aromatic carboxylic acids is 1. The number of carbonyl (C=O) groups is 1. The fourth-order valence-corrected chi connectivity index (χ4v) is 4.12. The topological polar surface area (TPSA) is 83.9 Å². The van der Waals surface area contributed by atoms with Gasteiger partial charge in [0.05, 0.1) is 17.9 Å². The number of nitrogens with zero attached hydrogens (tertiary/aromatic N) is 1. The van der Waals surface area contributed by atoms with Gasteiger partial charge in [-0.05, 0) is 31.0 Å². The third-order valence-corrected chi connectivity index (χ3v) is 5.61. The molecule has 0 unspecified atom stereocenters. The van der Waals surface area contributed by atoms with E-state index < -0.39 is 16.0 Å². The normalized spacial score (nSPS) is 16.2. The smallest absolute Gasteiger partial charge is 0.335 e. The van der Waals surface area contributed by atoms with Crippen molar-refractivity contribution in [2.75, 3.05) is 18.0 Å². The Morgan fingerprint density at radius 3 is 2.52 bits per heavy atom. The Kier molecular flexibility index (Phi) is 4.99. The van der Waals surface area contributed by atoms with E-state index in [1.54, 1.807) is 6.07 Å². The van der Waals surface area contributed by atoms with Crippen molar-refractivity contribution in [3.63, 3.8) is 0 Å². The molecule has 0 amide bonds. The highest BCUT2D eigenvalue weighted by Crippen LogP contribution is 2.41. The van der Waals surface area contributed by atoms with E-state index in [-0.39, 0.29) is 10.5 Å².